The van der Waals surface area contributed by atoms with Crippen LogP contribution in [0.4, 0.5) is 0 Å². The van der Waals surface area contributed by atoms with Crippen molar-refractivity contribution < 1.29 is 9.84 Å². The lowest BCUT2D eigenvalue weighted by Gasteiger charge is -2.32. The first-order valence-corrected chi connectivity index (χ1v) is 6.86. The molecule has 1 aromatic rings. The van der Waals surface area contributed by atoms with E-state index >= 15 is 0 Å². The van der Waals surface area contributed by atoms with Crippen LogP contribution in [-0.4, -0.2) is 29.9 Å². The van der Waals surface area contributed by atoms with E-state index in [4.69, 9.17) is 4.74 Å². The van der Waals surface area contributed by atoms with Crippen molar-refractivity contribution in [2.45, 2.75) is 37.5 Å². The molecule has 0 aromatic heterocycles. The molecule has 0 spiro atoms. The first-order valence-electron chi connectivity index (χ1n) is 6.07. The quantitative estimate of drug-likeness (QED) is 0.895. The topological polar surface area (TPSA) is 41.5 Å². The second kappa shape index (κ2) is 4.59. The monoisotopic (exact) mass is 297 g/mol. The lowest BCUT2D eigenvalue weighted by atomic mass is 9.89. The molecular weight excluding hydrogens is 282 g/mol. The van der Waals surface area contributed by atoms with E-state index < -0.39 is 0 Å². The number of rotatable bonds is 3. The van der Waals surface area contributed by atoms with E-state index in [1.807, 2.05) is 12.1 Å². The zero-order chi connectivity index (χ0) is 11.8. The molecule has 4 heteroatoms. The van der Waals surface area contributed by atoms with Gasteiger partial charge in [0.15, 0.2) is 0 Å². The predicted molar refractivity (Wildman–Crippen MR) is 69.3 cm³/mol. The maximum Gasteiger partial charge on any atom is 0.123 e. The molecule has 1 aliphatic heterocycles. The van der Waals surface area contributed by atoms with Crippen molar-refractivity contribution in [3.63, 3.8) is 0 Å². The van der Waals surface area contributed by atoms with Gasteiger partial charge in [-0.05, 0) is 36.6 Å². The Labute approximate surface area is 109 Å². The summed E-state index contributed by atoms with van der Waals surface area (Å²) in [7, 11) is 0. The normalized spacial score (nSPS) is 30.6. The van der Waals surface area contributed by atoms with Crippen LogP contribution in [0.1, 0.15) is 18.4 Å². The highest BCUT2D eigenvalue weighted by Gasteiger charge is 2.29. The largest absolute Gasteiger partial charge is 0.488 e. The van der Waals surface area contributed by atoms with Crippen LogP contribution in [0.2, 0.25) is 0 Å². The average Bonchev–Trinajstić information content (AvgIpc) is 2.64. The van der Waals surface area contributed by atoms with Crippen LogP contribution in [-0.2, 0) is 6.42 Å². The standard InChI is InChI=1S/C13H16BrNO2/c14-9-1-2-13-8(3-9)4-12(17-13)7-15-10-5-11(16)6-10/h1-3,10-12,15-16H,4-7H2. The Bertz CT molecular complexity index is 418. The van der Waals surface area contributed by atoms with Crippen molar-refractivity contribution >= 4 is 15.9 Å². The summed E-state index contributed by atoms with van der Waals surface area (Å²) >= 11 is 3.47. The highest BCUT2D eigenvalue weighted by atomic mass is 79.9. The molecule has 3 nitrogen and oxygen atoms in total. The van der Waals surface area contributed by atoms with E-state index in [9.17, 15) is 5.11 Å². The number of hydrogen-bond acceptors (Lipinski definition) is 3. The average molecular weight is 298 g/mol. The molecule has 1 aliphatic carbocycles. The number of aliphatic hydroxyl groups excluding tert-OH is 1. The SMILES string of the molecule is OC1CC(NCC2Cc3cc(Br)ccc3O2)C1. The Kier molecular flexibility index (Phi) is 3.11. The molecular formula is C13H16BrNO2. The number of hydrogen-bond donors (Lipinski definition) is 2. The van der Waals surface area contributed by atoms with Gasteiger partial charge in [0.25, 0.3) is 0 Å². The second-order valence-corrected chi connectivity index (χ2v) is 5.84. The Morgan fingerprint density at radius 2 is 2.24 bits per heavy atom. The number of benzene rings is 1. The molecule has 1 heterocycles. The Morgan fingerprint density at radius 1 is 1.41 bits per heavy atom. The van der Waals surface area contributed by atoms with Crippen LogP contribution in [0.5, 0.6) is 5.75 Å². The van der Waals surface area contributed by atoms with Gasteiger partial charge >= 0.3 is 0 Å². The van der Waals surface area contributed by atoms with Gasteiger partial charge in [-0.3, -0.25) is 0 Å². The van der Waals surface area contributed by atoms with Gasteiger partial charge in [0.2, 0.25) is 0 Å². The van der Waals surface area contributed by atoms with Crippen molar-refractivity contribution in [2.75, 3.05) is 6.54 Å². The van der Waals surface area contributed by atoms with Gasteiger partial charge in [-0.25, -0.2) is 0 Å². The zero-order valence-electron chi connectivity index (χ0n) is 9.53. The van der Waals surface area contributed by atoms with Crippen molar-refractivity contribution in [2.24, 2.45) is 0 Å². The maximum absolute atomic E-state index is 9.21. The fourth-order valence-corrected chi connectivity index (χ4v) is 2.86. The van der Waals surface area contributed by atoms with Crippen LogP contribution >= 0.6 is 15.9 Å². The highest BCUT2D eigenvalue weighted by Crippen LogP contribution is 2.31. The summed E-state index contributed by atoms with van der Waals surface area (Å²) in [6.07, 6.45) is 2.87. The van der Waals surface area contributed by atoms with Gasteiger partial charge in [0.05, 0.1) is 6.10 Å². The third kappa shape index (κ3) is 2.49. The third-order valence-corrected chi connectivity index (χ3v) is 4.00. The number of fused-ring (bicyclic) bond motifs is 1. The Morgan fingerprint density at radius 3 is 3.00 bits per heavy atom. The lowest BCUT2D eigenvalue weighted by molar-refractivity contribution is 0.0581. The van der Waals surface area contributed by atoms with Crippen molar-refractivity contribution in [3.05, 3.63) is 28.2 Å². The predicted octanol–water partition coefficient (Wildman–Crippen LogP) is 1.87. The minimum atomic E-state index is -0.0925. The molecule has 0 bridgehead atoms. The summed E-state index contributed by atoms with van der Waals surface area (Å²) < 4.78 is 6.97. The lowest BCUT2D eigenvalue weighted by Crippen LogP contribution is -2.47. The number of nitrogens with one attached hydrogen (secondary N) is 1. The number of halogens is 1. The molecule has 2 N–H and O–H groups in total. The van der Waals surface area contributed by atoms with Crippen LogP contribution < -0.4 is 10.1 Å². The fourth-order valence-electron chi connectivity index (χ4n) is 2.46. The molecule has 0 amide bonds. The second-order valence-electron chi connectivity index (χ2n) is 4.93. The minimum Gasteiger partial charge on any atom is -0.488 e. The van der Waals surface area contributed by atoms with Crippen molar-refractivity contribution in [1.29, 1.82) is 0 Å². The summed E-state index contributed by atoms with van der Waals surface area (Å²) in [5, 5.41) is 12.7. The van der Waals surface area contributed by atoms with Crippen LogP contribution in [0.3, 0.4) is 0 Å². The van der Waals surface area contributed by atoms with E-state index in [0.29, 0.717) is 6.04 Å². The molecule has 1 saturated carbocycles. The van der Waals surface area contributed by atoms with Gasteiger partial charge in [0, 0.05) is 23.5 Å². The maximum atomic E-state index is 9.21. The van der Waals surface area contributed by atoms with Crippen molar-refractivity contribution in [1.82, 2.24) is 5.32 Å². The highest BCUT2D eigenvalue weighted by molar-refractivity contribution is 9.10. The molecule has 17 heavy (non-hydrogen) atoms. The molecule has 0 saturated heterocycles. The van der Waals surface area contributed by atoms with Gasteiger partial charge in [-0.15, -0.1) is 0 Å². The third-order valence-electron chi connectivity index (χ3n) is 3.51. The first kappa shape index (κ1) is 11.5. The fraction of sp³-hybridized carbons (Fsp3) is 0.538. The van der Waals surface area contributed by atoms with Gasteiger partial charge in [-0.2, -0.15) is 0 Å². The van der Waals surface area contributed by atoms with E-state index in [0.717, 1.165) is 36.0 Å². The number of aliphatic hydroxyl groups is 1. The van der Waals surface area contributed by atoms with Crippen LogP contribution in [0.25, 0.3) is 0 Å². The molecule has 1 unspecified atom stereocenters. The van der Waals surface area contributed by atoms with E-state index in [1.165, 1.54) is 5.56 Å². The van der Waals surface area contributed by atoms with Gasteiger partial charge < -0.3 is 15.2 Å². The van der Waals surface area contributed by atoms with Crippen LogP contribution in [0, 0.1) is 0 Å². The molecule has 2 aliphatic rings. The summed E-state index contributed by atoms with van der Waals surface area (Å²) in [5.41, 5.74) is 1.28. The van der Waals surface area contributed by atoms with Crippen LogP contribution in [0.15, 0.2) is 22.7 Å². The minimum absolute atomic E-state index is 0.0925. The molecule has 92 valence electrons. The summed E-state index contributed by atoms with van der Waals surface area (Å²) in [6, 6.07) is 6.63. The Hall–Kier alpha value is -0.580. The summed E-state index contributed by atoms with van der Waals surface area (Å²) in [4.78, 5) is 0. The molecule has 0 radical (unpaired) electrons. The van der Waals surface area contributed by atoms with E-state index in [1.54, 1.807) is 0 Å². The first-order chi connectivity index (χ1) is 8.20. The molecule has 1 atom stereocenters. The van der Waals surface area contributed by atoms with E-state index in [2.05, 4.69) is 27.3 Å². The summed E-state index contributed by atoms with van der Waals surface area (Å²) in [6.45, 7) is 0.865. The zero-order valence-corrected chi connectivity index (χ0v) is 11.1. The molecule has 3 rings (SSSR count). The van der Waals surface area contributed by atoms with Gasteiger partial charge in [0.1, 0.15) is 11.9 Å². The van der Waals surface area contributed by atoms with Crippen molar-refractivity contribution in [3.8, 4) is 5.75 Å². The smallest absolute Gasteiger partial charge is 0.123 e. The molecule has 1 aromatic carbocycles. The summed E-state index contributed by atoms with van der Waals surface area (Å²) in [5.74, 6) is 1.01. The number of ether oxygens (including phenoxy) is 1. The van der Waals surface area contributed by atoms with Gasteiger partial charge in [-0.1, -0.05) is 15.9 Å². The Balaban J connectivity index is 1.52. The molecule has 1 fully saturated rings. The van der Waals surface area contributed by atoms with E-state index in [-0.39, 0.29) is 12.2 Å².